The molecule has 128 valence electrons. The van der Waals surface area contributed by atoms with Crippen LogP contribution in [0.15, 0.2) is 42.6 Å². The lowest BCUT2D eigenvalue weighted by molar-refractivity contribution is -0.144. The van der Waals surface area contributed by atoms with Gasteiger partial charge in [-0.3, -0.25) is 4.79 Å². The molecule has 0 saturated heterocycles. The highest BCUT2D eigenvalue weighted by molar-refractivity contribution is 5.87. The molecular weight excluding hydrogens is 325 g/mol. The van der Waals surface area contributed by atoms with E-state index in [9.17, 15) is 9.18 Å². The van der Waals surface area contributed by atoms with Gasteiger partial charge in [-0.1, -0.05) is 18.2 Å². The Balaban J connectivity index is 1.46. The van der Waals surface area contributed by atoms with Crippen LogP contribution in [0.25, 0.3) is 10.9 Å². The monoisotopic (exact) mass is 341 g/mol. The van der Waals surface area contributed by atoms with Crippen molar-refractivity contribution < 1.29 is 23.4 Å². The van der Waals surface area contributed by atoms with E-state index in [0.717, 1.165) is 16.5 Å². The lowest BCUT2D eigenvalue weighted by Crippen LogP contribution is -2.15. The first-order chi connectivity index (χ1) is 12.2. The van der Waals surface area contributed by atoms with Crippen LogP contribution >= 0.6 is 0 Å². The van der Waals surface area contributed by atoms with E-state index in [2.05, 4.69) is 4.98 Å². The van der Waals surface area contributed by atoms with Gasteiger partial charge in [0.15, 0.2) is 6.79 Å². The summed E-state index contributed by atoms with van der Waals surface area (Å²) < 4.78 is 29.6. The fourth-order valence-corrected chi connectivity index (χ4v) is 3.01. The molecule has 4 rings (SSSR count). The van der Waals surface area contributed by atoms with Crippen molar-refractivity contribution in [2.45, 2.75) is 19.6 Å². The predicted molar refractivity (Wildman–Crippen MR) is 88.5 cm³/mol. The second-order valence-electron chi connectivity index (χ2n) is 5.86. The maximum atomic E-state index is 13.7. The zero-order valence-corrected chi connectivity index (χ0v) is 13.4. The minimum Gasteiger partial charge on any atom is -0.467 e. The Morgan fingerprint density at radius 2 is 2.12 bits per heavy atom. The van der Waals surface area contributed by atoms with Gasteiger partial charge in [0.25, 0.3) is 0 Å². The van der Waals surface area contributed by atoms with Crippen LogP contribution in [0, 0.1) is 5.82 Å². The van der Waals surface area contributed by atoms with Gasteiger partial charge in [0.2, 0.25) is 0 Å². The Kier molecular flexibility index (Phi) is 4.11. The molecule has 1 aliphatic heterocycles. The number of carbonyl (C=O) groups is 1. The van der Waals surface area contributed by atoms with Gasteiger partial charge in [0.05, 0.1) is 13.0 Å². The van der Waals surface area contributed by atoms with Gasteiger partial charge < -0.3 is 19.2 Å². The Bertz CT molecular complexity index is 934. The lowest BCUT2D eigenvalue weighted by atomic mass is 10.1. The number of nitrogens with one attached hydrogen (secondary N) is 1. The van der Waals surface area contributed by atoms with Crippen molar-refractivity contribution in [3.8, 4) is 5.75 Å². The average molecular weight is 341 g/mol. The molecule has 0 fully saturated rings. The molecule has 0 saturated carbocycles. The predicted octanol–water partition coefficient (Wildman–Crippen LogP) is 3.46. The molecule has 0 radical (unpaired) electrons. The van der Waals surface area contributed by atoms with E-state index in [1.165, 1.54) is 12.1 Å². The number of hydrogen-bond donors (Lipinski definition) is 1. The number of rotatable bonds is 4. The maximum absolute atomic E-state index is 13.7. The highest BCUT2D eigenvalue weighted by Gasteiger charge is 2.18. The van der Waals surface area contributed by atoms with E-state index < -0.39 is 5.82 Å². The summed E-state index contributed by atoms with van der Waals surface area (Å²) in [7, 11) is 0. The number of halogens is 1. The second kappa shape index (κ2) is 6.57. The zero-order valence-electron chi connectivity index (χ0n) is 13.4. The minimum absolute atomic E-state index is 0.0404. The molecule has 0 unspecified atom stereocenters. The number of para-hydroxylation sites is 1. The van der Waals surface area contributed by atoms with Crippen LogP contribution < -0.4 is 4.74 Å². The van der Waals surface area contributed by atoms with Crippen molar-refractivity contribution in [2.24, 2.45) is 0 Å². The van der Waals surface area contributed by atoms with Crippen LogP contribution in [0.1, 0.15) is 16.7 Å². The number of hydrogen-bond acceptors (Lipinski definition) is 4. The SMILES string of the molecule is O=C(Cc1c[nH]c2ccccc12)OCc1cc(F)cc2c1OCOC2. The van der Waals surface area contributed by atoms with Gasteiger partial charge in [-0.05, 0) is 23.8 Å². The van der Waals surface area contributed by atoms with Crippen molar-refractivity contribution >= 4 is 16.9 Å². The molecule has 6 heteroatoms. The van der Waals surface area contributed by atoms with Gasteiger partial charge in [0, 0.05) is 28.2 Å². The van der Waals surface area contributed by atoms with Crippen LogP contribution in [-0.4, -0.2) is 17.7 Å². The number of esters is 1. The van der Waals surface area contributed by atoms with Crippen LogP contribution in [0.3, 0.4) is 0 Å². The van der Waals surface area contributed by atoms with E-state index in [4.69, 9.17) is 14.2 Å². The van der Waals surface area contributed by atoms with Gasteiger partial charge in [-0.15, -0.1) is 0 Å². The molecule has 0 atom stereocenters. The van der Waals surface area contributed by atoms with Gasteiger partial charge in [-0.2, -0.15) is 0 Å². The first kappa shape index (κ1) is 15.7. The molecule has 5 nitrogen and oxygen atoms in total. The molecule has 3 aromatic rings. The first-order valence-electron chi connectivity index (χ1n) is 7.93. The summed E-state index contributed by atoms with van der Waals surface area (Å²) in [4.78, 5) is 15.3. The fraction of sp³-hybridized carbons (Fsp3) is 0.211. The second-order valence-corrected chi connectivity index (χ2v) is 5.86. The molecule has 1 aliphatic rings. The van der Waals surface area contributed by atoms with Crippen molar-refractivity contribution in [3.05, 3.63) is 65.1 Å². The maximum Gasteiger partial charge on any atom is 0.310 e. The number of carbonyl (C=O) groups excluding carboxylic acids is 1. The topological polar surface area (TPSA) is 60.6 Å². The molecule has 1 aromatic heterocycles. The van der Waals surface area contributed by atoms with Crippen LogP contribution in [0.4, 0.5) is 4.39 Å². The molecule has 0 bridgehead atoms. The first-order valence-corrected chi connectivity index (χ1v) is 7.93. The van der Waals surface area contributed by atoms with E-state index in [0.29, 0.717) is 16.9 Å². The van der Waals surface area contributed by atoms with E-state index in [-0.39, 0.29) is 32.4 Å². The third-order valence-electron chi connectivity index (χ3n) is 4.15. The number of aromatic amines is 1. The number of fused-ring (bicyclic) bond motifs is 2. The summed E-state index contributed by atoms with van der Waals surface area (Å²) in [6.07, 6.45) is 1.95. The highest BCUT2D eigenvalue weighted by atomic mass is 19.1. The molecule has 0 amide bonds. The Morgan fingerprint density at radius 3 is 3.04 bits per heavy atom. The summed E-state index contributed by atoms with van der Waals surface area (Å²) in [5.41, 5.74) is 2.96. The summed E-state index contributed by atoms with van der Waals surface area (Å²) in [5.74, 6) is -0.252. The van der Waals surface area contributed by atoms with Crippen molar-refractivity contribution in [3.63, 3.8) is 0 Å². The average Bonchev–Trinajstić information content (AvgIpc) is 3.02. The van der Waals surface area contributed by atoms with Crippen molar-refractivity contribution in [2.75, 3.05) is 6.79 Å². The largest absolute Gasteiger partial charge is 0.467 e. The van der Waals surface area contributed by atoms with E-state index >= 15 is 0 Å². The Hall–Kier alpha value is -2.86. The molecular formula is C19H16FNO4. The molecule has 0 aliphatic carbocycles. The normalized spacial score (nSPS) is 13.3. The van der Waals surface area contributed by atoms with Gasteiger partial charge in [-0.25, -0.2) is 4.39 Å². The summed E-state index contributed by atoms with van der Waals surface area (Å²) in [5, 5.41) is 0.989. The third kappa shape index (κ3) is 3.21. The molecule has 1 N–H and O–H groups in total. The lowest BCUT2D eigenvalue weighted by Gasteiger charge is -2.20. The van der Waals surface area contributed by atoms with Crippen molar-refractivity contribution in [1.29, 1.82) is 0 Å². The molecule has 2 aromatic carbocycles. The number of H-pyrrole nitrogens is 1. The summed E-state index contributed by atoms with van der Waals surface area (Å²) in [6.45, 7) is 0.347. The molecule has 25 heavy (non-hydrogen) atoms. The van der Waals surface area contributed by atoms with E-state index in [1.807, 2.05) is 24.3 Å². The number of ether oxygens (including phenoxy) is 3. The number of aromatic nitrogens is 1. The summed E-state index contributed by atoms with van der Waals surface area (Å²) >= 11 is 0. The van der Waals surface area contributed by atoms with Gasteiger partial charge >= 0.3 is 5.97 Å². The quantitative estimate of drug-likeness (QED) is 0.738. The zero-order chi connectivity index (χ0) is 17.2. The minimum atomic E-state index is -0.407. The van der Waals surface area contributed by atoms with Crippen LogP contribution in [0.5, 0.6) is 5.75 Å². The highest BCUT2D eigenvalue weighted by Crippen LogP contribution is 2.30. The van der Waals surface area contributed by atoms with Crippen LogP contribution in [0.2, 0.25) is 0 Å². The fourth-order valence-electron chi connectivity index (χ4n) is 3.01. The third-order valence-corrected chi connectivity index (χ3v) is 4.15. The Labute approximate surface area is 143 Å². The summed E-state index contributed by atoms with van der Waals surface area (Å²) in [6, 6.07) is 10.4. The van der Waals surface area contributed by atoms with E-state index in [1.54, 1.807) is 6.20 Å². The smallest absolute Gasteiger partial charge is 0.310 e. The van der Waals surface area contributed by atoms with Crippen LogP contribution in [-0.2, 0) is 33.9 Å². The number of benzene rings is 2. The Morgan fingerprint density at radius 1 is 1.24 bits per heavy atom. The molecule has 0 spiro atoms. The molecule has 2 heterocycles. The standard InChI is InChI=1S/C19H16FNO4/c20-15-5-13-9-23-11-25-19(13)14(6-15)10-24-18(22)7-12-8-21-17-4-2-1-3-16(12)17/h1-6,8,21H,7,9-11H2. The van der Waals surface area contributed by atoms with Crippen molar-refractivity contribution in [1.82, 2.24) is 4.98 Å². The van der Waals surface area contributed by atoms with Gasteiger partial charge in [0.1, 0.15) is 18.2 Å².